The van der Waals surface area contributed by atoms with E-state index in [1.54, 1.807) is 0 Å². The third kappa shape index (κ3) is 3.62. The quantitative estimate of drug-likeness (QED) is 0.868. The lowest BCUT2D eigenvalue weighted by Gasteiger charge is -2.30. The molecule has 0 bridgehead atoms. The molecule has 1 aliphatic rings. The van der Waals surface area contributed by atoms with Gasteiger partial charge in [-0.25, -0.2) is 4.98 Å². The van der Waals surface area contributed by atoms with Crippen molar-refractivity contribution in [3.8, 4) is 17.0 Å². The molecule has 5 heteroatoms. The zero-order valence-corrected chi connectivity index (χ0v) is 14.0. The molecule has 0 aromatic carbocycles. The van der Waals surface area contributed by atoms with Crippen LogP contribution >= 0.6 is 0 Å². The summed E-state index contributed by atoms with van der Waals surface area (Å²) < 4.78 is 11.4. The van der Waals surface area contributed by atoms with Crippen LogP contribution in [0.2, 0.25) is 0 Å². The van der Waals surface area contributed by atoms with Crippen LogP contribution in [0.1, 0.15) is 19.5 Å². The van der Waals surface area contributed by atoms with Gasteiger partial charge in [0.05, 0.1) is 19.3 Å². The Bertz CT molecular complexity index is 667. The number of aromatic nitrogens is 2. The molecule has 122 valence electrons. The fourth-order valence-electron chi connectivity index (χ4n) is 2.72. The number of rotatable bonds is 4. The van der Waals surface area contributed by atoms with Crippen molar-refractivity contribution in [1.82, 2.24) is 9.97 Å². The second-order valence-corrected chi connectivity index (χ2v) is 5.95. The summed E-state index contributed by atoms with van der Waals surface area (Å²) in [6.45, 7) is 9.22. The molecule has 3 heterocycles. The lowest BCUT2D eigenvalue weighted by atomic mass is 10.1. The molecule has 23 heavy (non-hydrogen) atoms. The normalized spacial score (nSPS) is 15.0. The largest absolute Gasteiger partial charge is 0.473 e. The molecular weight excluding hydrogens is 290 g/mol. The zero-order chi connectivity index (χ0) is 16.2. The third-order valence-electron chi connectivity index (χ3n) is 3.85. The predicted octanol–water partition coefficient (Wildman–Crippen LogP) is 3.08. The number of hydrogen-bond donors (Lipinski definition) is 0. The van der Waals surface area contributed by atoms with Gasteiger partial charge in [0.15, 0.2) is 0 Å². The molecule has 0 N–H and O–H groups in total. The number of pyridine rings is 2. The molecule has 0 spiro atoms. The van der Waals surface area contributed by atoms with Gasteiger partial charge < -0.3 is 14.4 Å². The van der Waals surface area contributed by atoms with Crippen LogP contribution in [0.3, 0.4) is 0 Å². The first-order valence-electron chi connectivity index (χ1n) is 8.06. The van der Waals surface area contributed by atoms with Gasteiger partial charge in [-0.1, -0.05) is 6.07 Å². The van der Waals surface area contributed by atoms with Crippen LogP contribution in [0.4, 0.5) is 5.69 Å². The lowest BCUT2D eigenvalue weighted by Crippen LogP contribution is -2.36. The first-order valence-corrected chi connectivity index (χ1v) is 8.06. The molecule has 2 aromatic rings. The van der Waals surface area contributed by atoms with Crippen LogP contribution in [0.25, 0.3) is 11.1 Å². The summed E-state index contributed by atoms with van der Waals surface area (Å²) in [4.78, 5) is 11.2. The van der Waals surface area contributed by atoms with Crippen LogP contribution in [0.5, 0.6) is 5.88 Å². The van der Waals surface area contributed by atoms with Crippen LogP contribution < -0.4 is 9.64 Å². The highest BCUT2D eigenvalue weighted by Gasteiger charge is 2.19. The smallest absolute Gasteiger partial charge is 0.237 e. The van der Waals surface area contributed by atoms with Gasteiger partial charge in [0, 0.05) is 42.3 Å². The summed E-state index contributed by atoms with van der Waals surface area (Å²) in [5, 5.41) is 0. The number of morpholine rings is 1. The number of aryl methyl sites for hydroxylation is 1. The van der Waals surface area contributed by atoms with E-state index in [9.17, 15) is 0 Å². The Morgan fingerprint density at radius 3 is 2.70 bits per heavy atom. The summed E-state index contributed by atoms with van der Waals surface area (Å²) in [5.41, 5.74) is 4.20. The van der Waals surface area contributed by atoms with E-state index in [1.807, 2.05) is 39.2 Å². The van der Waals surface area contributed by atoms with E-state index >= 15 is 0 Å². The molecule has 0 saturated carbocycles. The Hall–Kier alpha value is -2.14. The maximum atomic E-state index is 5.91. The highest BCUT2D eigenvalue weighted by atomic mass is 16.5. The Labute approximate surface area is 137 Å². The summed E-state index contributed by atoms with van der Waals surface area (Å²) in [7, 11) is 0. The van der Waals surface area contributed by atoms with Gasteiger partial charge in [0.2, 0.25) is 5.88 Å². The van der Waals surface area contributed by atoms with Gasteiger partial charge in [-0.15, -0.1) is 0 Å². The fraction of sp³-hybridized carbons (Fsp3) is 0.444. The molecule has 2 aromatic heterocycles. The van der Waals surface area contributed by atoms with Crippen molar-refractivity contribution in [2.75, 3.05) is 31.2 Å². The molecule has 5 nitrogen and oxygen atoms in total. The zero-order valence-electron chi connectivity index (χ0n) is 14.0. The molecule has 3 rings (SSSR count). The Morgan fingerprint density at radius 2 is 2.00 bits per heavy atom. The first-order chi connectivity index (χ1) is 11.1. The second kappa shape index (κ2) is 6.96. The summed E-state index contributed by atoms with van der Waals surface area (Å²) in [5.74, 6) is 0.687. The number of anilines is 1. The van der Waals surface area contributed by atoms with Crippen molar-refractivity contribution in [1.29, 1.82) is 0 Å². The maximum absolute atomic E-state index is 5.91. The van der Waals surface area contributed by atoms with Crippen molar-refractivity contribution >= 4 is 5.69 Å². The Balaban J connectivity index is 2.01. The van der Waals surface area contributed by atoms with Gasteiger partial charge in [0.25, 0.3) is 0 Å². The van der Waals surface area contributed by atoms with E-state index in [0.29, 0.717) is 5.88 Å². The van der Waals surface area contributed by atoms with E-state index in [-0.39, 0.29) is 6.10 Å². The Kier molecular flexibility index (Phi) is 4.76. The van der Waals surface area contributed by atoms with Gasteiger partial charge in [-0.3, -0.25) is 4.98 Å². The molecule has 1 aliphatic heterocycles. The molecular formula is C18H23N3O2. The highest BCUT2D eigenvalue weighted by Crippen LogP contribution is 2.33. The molecule has 0 radical (unpaired) electrons. The summed E-state index contributed by atoms with van der Waals surface area (Å²) >= 11 is 0. The Morgan fingerprint density at radius 1 is 1.22 bits per heavy atom. The molecule has 1 fully saturated rings. The van der Waals surface area contributed by atoms with Gasteiger partial charge >= 0.3 is 0 Å². The average molecular weight is 313 g/mol. The summed E-state index contributed by atoms with van der Waals surface area (Å²) in [6, 6.07) is 6.18. The fourth-order valence-corrected chi connectivity index (χ4v) is 2.72. The standard InChI is InChI=1S/C18H23N3O2/c1-13(2)23-18-17(21-7-9-22-10-8-21)11-15(12-20-18)16-5-4-6-19-14(16)3/h4-6,11-13H,7-10H2,1-3H3. The predicted molar refractivity (Wildman–Crippen MR) is 91.0 cm³/mol. The van der Waals surface area contributed by atoms with Crippen molar-refractivity contribution < 1.29 is 9.47 Å². The maximum Gasteiger partial charge on any atom is 0.237 e. The minimum atomic E-state index is 0.0910. The van der Waals surface area contributed by atoms with Gasteiger partial charge in [-0.2, -0.15) is 0 Å². The van der Waals surface area contributed by atoms with E-state index in [4.69, 9.17) is 9.47 Å². The van der Waals surface area contributed by atoms with E-state index in [2.05, 4.69) is 27.0 Å². The van der Waals surface area contributed by atoms with Gasteiger partial charge in [-0.05, 0) is 32.9 Å². The van der Waals surface area contributed by atoms with E-state index < -0.39 is 0 Å². The topological polar surface area (TPSA) is 47.5 Å². The SMILES string of the molecule is Cc1ncccc1-c1cnc(OC(C)C)c(N2CCOCC2)c1. The minimum absolute atomic E-state index is 0.0910. The van der Waals surface area contributed by atoms with Crippen molar-refractivity contribution in [3.05, 3.63) is 36.3 Å². The average Bonchev–Trinajstić information content (AvgIpc) is 2.56. The highest BCUT2D eigenvalue weighted by molar-refractivity contribution is 5.71. The molecule has 0 aliphatic carbocycles. The number of nitrogens with zero attached hydrogens (tertiary/aromatic N) is 3. The molecule has 0 atom stereocenters. The number of hydrogen-bond acceptors (Lipinski definition) is 5. The van der Waals surface area contributed by atoms with Crippen molar-refractivity contribution in [2.24, 2.45) is 0 Å². The van der Waals surface area contributed by atoms with Crippen LogP contribution in [-0.4, -0.2) is 42.4 Å². The lowest BCUT2D eigenvalue weighted by molar-refractivity contribution is 0.122. The van der Waals surface area contributed by atoms with Crippen LogP contribution in [0.15, 0.2) is 30.6 Å². The van der Waals surface area contributed by atoms with E-state index in [1.165, 1.54) is 0 Å². The van der Waals surface area contributed by atoms with E-state index in [0.717, 1.165) is 48.8 Å². The molecule has 0 unspecified atom stereocenters. The molecule has 1 saturated heterocycles. The van der Waals surface area contributed by atoms with Crippen LogP contribution in [-0.2, 0) is 4.74 Å². The first kappa shape index (κ1) is 15.7. The van der Waals surface area contributed by atoms with Crippen molar-refractivity contribution in [3.63, 3.8) is 0 Å². The third-order valence-corrected chi connectivity index (χ3v) is 3.85. The molecule has 0 amide bonds. The van der Waals surface area contributed by atoms with Crippen molar-refractivity contribution in [2.45, 2.75) is 26.9 Å². The monoisotopic (exact) mass is 313 g/mol. The number of ether oxygens (including phenoxy) is 2. The van der Waals surface area contributed by atoms with Gasteiger partial charge in [0.1, 0.15) is 5.69 Å². The summed E-state index contributed by atoms with van der Waals surface area (Å²) in [6.07, 6.45) is 3.77. The second-order valence-electron chi connectivity index (χ2n) is 5.95. The minimum Gasteiger partial charge on any atom is -0.473 e. The van der Waals surface area contributed by atoms with Crippen LogP contribution in [0, 0.1) is 6.92 Å².